The normalized spacial score (nSPS) is 21.5. The minimum absolute atomic E-state index is 0.209. The number of carbonyl (C=O) groups excluding carboxylic acids is 3. The van der Waals surface area contributed by atoms with Gasteiger partial charge >= 0.3 is 0 Å². The maximum atomic E-state index is 14.7. The molecule has 1 fully saturated rings. The summed E-state index contributed by atoms with van der Waals surface area (Å²) in [4.78, 5) is 55.1. The first kappa shape index (κ1) is 25.0. The van der Waals surface area contributed by atoms with Crippen molar-refractivity contribution in [3.63, 3.8) is 0 Å². The molecule has 0 radical (unpaired) electrons. The Morgan fingerprint density at radius 2 is 1.54 bits per heavy atom. The average Bonchev–Trinajstić information content (AvgIpc) is 3.43. The van der Waals surface area contributed by atoms with Crippen LogP contribution in [0.3, 0.4) is 0 Å². The van der Waals surface area contributed by atoms with Crippen LogP contribution in [-0.4, -0.2) is 39.5 Å². The first-order chi connectivity index (χ1) is 19.8. The molecule has 0 amide bonds. The first-order valence-corrected chi connectivity index (χ1v) is 13.4. The highest BCUT2D eigenvalue weighted by atomic mass is 35.5. The van der Waals surface area contributed by atoms with Crippen LogP contribution in [-0.2, 0) is 0 Å². The number of halogens is 1. The maximum absolute atomic E-state index is 14.7. The summed E-state index contributed by atoms with van der Waals surface area (Å²) in [6.45, 7) is 0. The predicted octanol–water partition coefficient (Wildman–Crippen LogP) is 6.05. The highest BCUT2D eigenvalue weighted by molar-refractivity contribution is 6.32. The number of fused-ring (bicyclic) bond motifs is 5. The second-order valence-corrected chi connectivity index (χ2v) is 10.8. The number of benzene rings is 4. The monoisotopic (exact) mass is 561 g/mol. The summed E-state index contributed by atoms with van der Waals surface area (Å²) >= 11 is 6.10. The van der Waals surface area contributed by atoms with E-state index in [2.05, 4.69) is 5.10 Å². The van der Waals surface area contributed by atoms with E-state index in [0.29, 0.717) is 21.7 Å². The fraction of sp³-hybridized carbons (Fsp3) is 0.125. The van der Waals surface area contributed by atoms with Crippen LogP contribution in [0, 0.1) is 15.5 Å². The lowest BCUT2D eigenvalue weighted by Crippen LogP contribution is -2.43. The summed E-state index contributed by atoms with van der Waals surface area (Å²) in [6.07, 6.45) is 1.62. The molecule has 0 bridgehead atoms. The van der Waals surface area contributed by atoms with Gasteiger partial charge in [0.15, 0.2) is 17.3 Å². The zero-order valence-corrected chi connectivity index (χ0v) is 22.1. The van der Waals surface area contributed by atoms with E-state index < -0.39 is 39.9 Å². The molecule has 9 heteroatoms. The van der Waals surface area contributed by atoms with Crippen molar-refractivity contribution in [1.29, 1.82) is 0 Å². The van der Waals surface area contributed by atoms with Gasteiger partial charge in [-0.05, 0) is 41.0 Å². The quantitative estimate of drug-likeness (QED) is 0.130. The lowest BCUT2D eigenvalue weighted by molar-refractivity contribution is -0.384. The van der Waals surface area contributed by atoms with Crippen LogP contribution in [0.25, 0.3) is 0 Å². The van der Waals surface area contributed by atoms with Gasteiger partial charge in [0.25, 0.3) is 5.69 Å². The van der Waals surface area contributed by atoms with E-state index in [4.69, 9.17) is 11.6 Å². The van der Waals surface area contributed by atoms with Gasteiger partial charge in [-0.15, -0.1) is 0 Å². The van der Waals surface area contributed by atoms with E-state index in [1.54, 1.807) is 65.8 Å². The number of nitrogens with zero attached hydrogens (tertiary/aromatic N) is 3. The van der Waals surface area contributed by atoms with E-state index in [9.17, 15) is 24.5 Å². The molecule has 4 aromatic carbocycles. The number of hydrazone groups is 1. The molecule has 7 rings (SSSR count). The third-order valence-electron chi connectivity index (χ3n) is 8.41. The van der Waals surface area contributed by atoms with Crippen LogP contribution in [0.4, 0.5) is 5.69 Å². The van der Waals surface area contributed by atoms with Crippen molar-refractivity contribution >= 4 is 40.9 Å². The van der Waals surface area contributed by atoms with Gasteiger partial charge < -0.3 is 0 Å². The number of hydrogen-bond acceptors (Lipinski definition) is 7. The van der Waals surface area contributed by atoms with Crippen LogP contribution < -0.4 is 0 Å². The SMILES string of the molecule is O=C(c1ccc(Cl)cc1)[C@@H]1[C@H](c2cccc([N+](=O)[O-])c2)C2(C(=O)c3ccccc3C2=O)[C@H]2c3ccccc3C=NN12. The zero-order chi connectivity index (χ0) is 28.5. The summed E-state index contributed by atoms with van der Waals surface area (Å²) in [5, 5.41) is 18.5. The van der Waals surface area contributed by atoms with Crippen molar-refractivity contribution < 1.29 is 19.3 Å². The first-order valence-electron chi connectivity index (χ1n) is 13.0. The van der Waals surface area contributed by atoms with Gasteiger partial charge in [0.05, 0.1) is 17.2 Å². The predicted molar refractivity (Wildman–Crippen MR) is 152 cm³/mol. The molecule has 0 N–H and O–H groups in total. The standard InChI is InChI=1S/C32H20ClN3O5/c33-21-14-12-18(13-15-21)28(37)27-26(19-7-5-8-22(16-19)36(40)41)32(30(38)24-10-3-4-11-25(24)31(32)39)29-23-9-2-1-6-20(23)17-34-35(27)29/h1-17,26-27,29H/t26-,27-,29+/m0/s1. The molecule has 8 nitrogen and oxygen atoms in total. The molecule has 4 aromatic rings. The molecule has 0 aromatic heterocycles. The topological polar surface area (TPSA) is 110 Å². The number of rotatable bonds is 4. The Morgan fingerprint density at radius 3 is 2.22 bits per heavy atom. The Morgan fingerprint density at radius 1 is 0.878 bits per heavy atom. The molecule has 2 heterocycles. The van der Waals surface area contributed by atoms with Crippen LogP contribution in [0.1, 0.15) is 59.7 Å². The summed E-state index contributed by atoms with van der Waals surface area (Å²) < 4.78 is 0. The highest BCUT2D eigenvalue weighted by Gasteiger charge is 2.72. The molecule has 0 saturated carbocycles. The molecule has 1 spiro atoms. The van der Waals surface area contributed by atoms with E-state index in [0.717, 1.165) is 5.56 Å². The van der Waals surface area contributed by atoms with Gasteiger partial charge in [-0.3, -0.25) is 29.5 Å². The van der Waals surface area contributed by atoms with Crippen LogP contribution in [0.15, 0.2) is 102 Å². The molecule has 200 valence electrons. The molecule has 1 aliphatic carbocycles. The molecule has 2 aliphatic heterocycles. The van der Waals surface area contributed by atoms with Crippen LogP contribution in [0.2, 0.25) is 5.02 Å². The van der Waals surface area contributed by atoms with Gasteiger partial charge in [-0.2, -0.15) is 5.10 Å². The molecule has 0 unspecified atom stereocenters. The van der Waals surface area contributed by atoms with Crippen molar-refractivity contribution in [3.8, 4) is 0 Å². The van der Waals surface area contributed by atoms with Gasteiger partial charge in [0.2, 0.25) is 0 Å². The number of nitro groups is 1. The van der Waals surface area contributed by atoms with Crippen molar-refractivity contribution in [2.24, 2.45) is 10.5 Å². The number of ketones is 3. The van der Waals surface area contributed by atoms with Crippen LogP contribution in [0.5, 0.6) is 0 Å². The number of Topliss-reactive ketones (excluding diaryl/α,β-unsaturated/α-hetero) is 3. The number of carbonyl (C=O) groups is 3. The number of nitro benzene ring substituents is 1. The van der Waals surface area contributed by atoms with E-state index in [1.807, 2.05) is 24.3 Å². The average molecular weight is 562 g/mol. The largest absolute Gasteiger partial charge is 0.293 e. The Hall–Kier alpha value is -4.95. The van der Waals surface area contributed by atoms with Crippen molar-refractivity contribution in [2.75, 3.05) is 0 Å². The third kappa shape index (κ3) is 3.40. The molecule has 3 atom stereocenters. The van der Waals surface area contributed by atoms with Gasteiger partial charge in [-0.1, -0.05) is 72.3 Å². The maximum Gasteiger partial charge on any atom is 0.269 e. The van der Waals surface area contributed by atoms with Crippen molar-refractivity contribution in [2.45, 2.75) is 18.0 Å². The fourth-order valence-corrected chi connectivity index (χ4v) is 6.89. The van der Waals surface area contributed by atoms with Gasteiger partial charge in [0.1, 0.15) is 11.5 Å². The number of non-ortho nitro benzene ring substituents is 1. The van der Waals surface area contributed by atoms with E-state index in [-0.39, 0.29) is 22.6 Å². The molecular weight excluding hydrogens is 542 g/mol. The summed E-state index contributed by atoms with van der Waals surface area (Å²) in [5.41, 5.74) is 0.567. The van der Waals surface area contributed by atoms with Gasteiger partial charge in [0, 0.05) is 39.8 Å². The smallest absolute Gasteiger partial charge is 0.269 e. The zero-order valence-electron chi connectivity index (χ0n) is 21.3. The van der Waals surface area contributed by atoms with Crippen LogP contribution >= 0.6 is 11.6 Å². The Labute approximate surface area is 239 Å². The Bertz CT molecular complexity index is 1800. The second-order valence-electron chi connectivity index (χ2n) is 10.4. The van der Waals surface area contributed by atoms with Crippen molar-refractivity contribution in [3.05, 3.63) is 146 Å². The number of hydrogen-bond donors (Lipinski definition) is 0. The van der Waals surface area contributed by atoms with Crippen molar-refractivity contribution in [1.82, 2.24) is 5.01 Å². The summed E-state index contributed by atoms with van der Waals surface area (Å²) in [5.74, 6) is -2.33. The van der Waals surface area contributed by atoms with E-state index >= 15 is 0 Å². The molecule has 3 aliphatic rings. The lowest BCUT2D eigenvalue weighted by atomic mass is 9.63. The van der Waals surface area contributed by atoms with E-state index in [1.165, 1.54) is 18.2 Å². The molecule has 41 heavy (non-hydrogen) atoms. The fourth-order valence-electron chi connectivity index (χ4n) is 6.77. The summed E-state index contributed by atoms with van der Waals surface area (Å²) in [7, 11) is 0. The van der Waals surface area contributed by atoms with Gasteiger partial charge in [-0.25, -0.2) is 0 Å². The summed E-state index contributed by atoms with van der Waals surface area (Å²) in [6, 6.07) is 24.1. The minimum atomic E-state index is -1.81. The second kappa shape index (κ2) is 9.04. The Balaban J connectivity index is 1.56. The molecular formula is C32H20ClN3O5. The third-order valence-corrected chi connectivity index (χ3v) is 8.67. The Kier molecular flexibility index (Phi) is 5.52. The highest BCUT2D eigenvalue weighted by Crippen LogP contribution is 2.64. The molecule has 1 saturated heterocycles. The lowest BCUT2D eigenvalue weighted by Gasteiger charge is -2.36. The minimum Gasteiger partial charge on any atom is -0.293 e.